The van der Waals surface area contributed by atoms with E-state index in [9.17, 15) is 9.18 Å². The van der Waals surface area contributed by atoms with E-state index in [1.807, 2.05) is 29.3 Å². The van der Waals surface area contributed by atoms with E-state index >= 15 is 0 Å². The van der Waals surface area contributed by atoms with Crippen LogP contribution >= 0.6 is 0 Å². The number of imidazole rings is 1. The molecule has 4 aromatic rings. The average molecular weight is 404 g/mol. The Morgan fingerprint density at radius 3 is 2.53 bits per heavy atom. The van der Waals surface area contributed by atoms with Gasteiger partial charge in [-0.05, 0) is 37.5 Å². The summed E-state index contributed by atoms with van der Waals surface area (Å²) in [5.41, 5.74) is 3.37. The van der Waals surface area contributed by atoms with Gasteiger partial charge in [0.25, 0.3) is 5.91 Å². The number of piperidine rings is 1. The van der Waals surface area contributed by atoms with E-state index in [2.05, 4.69) is 27.5 Å². The molecule has 152 valence electrons. The van der Waals surface area contributed by atoms with Gasteiger partial charge in [-0.2, -0.15) is 15.4 Å². The molecule has 1 saturated heterocycles. The molecule has 3 aromatic heterocycles. The van der Waals surface area contributed by atoms with E-state index in [0.717, 1.165) is 11.3 Å². The SMILES string of the molecule is Cc1n[nH]nc1C(=O)N1CCC(c2ccccc2)(c2cn3cc(F)ccc3n2)CC1. The highest BCUT2D eigenvalue weighted by molar-refractivity contribution is 5.93. The number of rotatable bonds is 3. The fourth-order valence-electron chi connectivity index (χ4n) is 4.37. The molecule has 1 fully saturated rings. The normalized spacial score (nSPS) is 16.1. The summed E-state index contributed by atoms with van der Waals surface area (Å²) in [5.74, 6) is -0.413. The van der Waals surface area contributed by atoms with Crippen molar-refractivity contribution in [2.24, 2.45) is 0 Å². The molecule has 1 aromatic carbocycles. The molecule has 0 atom stereocenters. The van der Waals surface area contributed by atoms with Crippen molar-refractivity contribution in [1.82, 2.24) is 29.7 Å². The maximum absolute atomic E-state index is 13.7. The number of nitrogens with one attached hydrogen (secondary N) is 1. The van der Waals surface area contributed by atoms with E-state index in [0.29, 0.717) is 43.0 Å². The molecule has 8 heteroatoms. The van der Waals surface area contributed by atoms with Crippen LogP contribution in [0, 0.1) is 12.7 Å². The van der Waals surface area contributed by atoms with Crippen LogP contribution in [-0.2, 0) is 5.41 Å². The highest BCUT2D eigenvalue weighted by atomic mass is 19.1. The van der Waals surface area contributed by atoms with Gasteiger partial charge in [0.2, 0.25) is 0 Å². The third kappa shape index (κ3) is 2.96. The van der Waals surface area contributed by atoms with E-state index in [1.54, 1.807) is 17.4 Å². The number of halogens is 1. The van der Waals surface area contributed by atoms with E-state index in [1.165, 1.54) is 12.3 Å². The van der Waals surface area contributed by atoms with Crippen LogP contribution in [0.5, 0.6) is 0 Å². The number of hydrogen-bond acceptors (Lipinski definition) is 4. The number of pyridine rings is 1. The molecule has 1 aliphatic rings. The van der Waals surface area contributed by atoms with Gasteiger partial charge in [-0.25, -0.2) is 9.37 Å². The standard InChI is InChI=1S/C22H21FN6O/c1-15-20(26-27-25-15)21(30)28-11-9-22(10-12-28,16-5-3-2-4-6-16)18-14-29-13-17(23)7-8-19(29)24-18/h2-8,13-14H,9-12H2,1H3,(H,25,26,27). The van der Waals surface area contributed by atoms with Gasteiger partial charge in [0.05, 0.1) is 11.4 Å². The Labute approximate surface area is 172 Å². The molecular formula is C22H21FN6O. The van der Waals surface area contributed by atoms with Crippen LogP contribution < -0.4 is 0 Å². The van der Waals surface area contributed by atoms with Gasteiger partial charge in [-0.3, -0.25) is 4.79 Å². The minimum absolute atomic E-state index is 0.111. The van der Waals surface area contributed by atoms with Crippen LogP contribution in [0.25, 0.3) is 5.65 Å². The number of aryl methyl sites for hydroxylation is 1. The number of carbonyl (C=O) groups excluding carboxylic acids is 1. The second kappa shape index (κ2) is 7.05. The third-order valence-corrected chi connectivity index (χ3v) is 6.06. The minimum atomic E-state index is -0.348. The Morgan fingerprint density at radius 1 is 1.07 bits per heavy atom. The molecule has 1 N–H and O–H groups in total. The zero-order valence-corrected chi connectivity index (χ0v) is 16.5. The summed E-state index contributed by atoms with van der Waals surface area (Å²) >= 11 is 0. The topological polar surface area (TPSA) is 79.2 Å². The van der Waals surface area contributed by atoms with Crippen molar-refractivity contribution < 1.29 is 9.18 Å². The van der Waals surface area contributed by atoms with E-state index in [4.69, 9.17) is 4.98 Å². The molecule has 0 bridgehead atoms. The summed E-state index contributed by atoms with van der Waals surface area (Å²) in [5, 5.41) is 10.5. The van der Waals surface area contributed by atoms with Crippen molar-refractivity contribution in [2.45, 2.75) is 25.2 Å². The smallest absolute Gasteiger partial charge is 0.276 e. The van der Waals surface area contributed by atoms with Gasteiger partial charge in [-0.1, -0.05) is 30.3 Å². The number of H-pyrrole nitrogens is 1. The summed E-state index contributed by atoms with van der Waals surface area (Å²) in [7, 11) is 0. The number of likely N-dealkylation sites (tertiary alicyclic amines) is 1. The Kier molecular flexibility index (Phi) is 4.34. The van der Waals surface area contributed by atoms with Gasteiger partial charge in [0, 0.05) is 30.9 Å². The van der Waals surface area contributed by atoms with Crippen LogP contribution in [0.15, 0.2) is 54.9 Å². The van der Waals surface area contributed by atoms with E-state index in [-0.39, 0.29) is 17.1 Å². The third-order valence-electron chi connectivity index (χ3n) is 6.06. The Hall–Kier alpha value is -3.55. The summed E-state index contributed by atoms with van der Waals surface area (Å²) in [6.45, 7) is 2.91. The number of aromatic nitrogens is 5. The Balaban J connectivity index is 1.51. The predicted octanol–water partition coefficient (Wildman–Crippen LogP) is 3.12. The molecule has 0 radical (unpaired) electrons. The largest absolute Gasteiger partial charge is 0.337 e. The first kappa shape index (κ1) is 18.5. The van der Waals surface area contributed by atoms with Gasteiger partial charge in [0.1, 0.15) is 11.5 Å². The number of benzene rings is 1. The molecule has 1 amide bonds. The van der Waals surface area contributed by atoms with Crippen LogP contribution in [-0.4, -0.2) is 48.7 Å². The van der Waals surface area contributed by atoms with Crippen molar-refractivity contribution in [3.05, 3.63) is 83.3 Å². The lowest BCUT2D eigenvalue weighted by Crippen LogP contribution is -2.46. The molecule has 5 rings (SSSR count). The Bertz CT molecular complexity index is 1210. The first-order chi connectivity index (χ1) is 14.6. The molecular weight excluding hydrogens is 383 g/mol. The van der Waals surface area contributed by atoms with Crippen LogP contribution in [0.2, 0.25) is 0 Å². The van der Waals surface area contributed by atoms with Gasteiger partial charge in [0.15, 0.2) is 5.69 Å². The lowest BCUT2D eigenvalue weighted by atomic mass is 9.70. The fraction of sp³-hybridized carbons (Fsp3) is 0.273. The predicted molar refractivity (Wildman–Crippen MR) is 109 cm³/mol. The summed E-state index contributed by atoms with van der Waals surface area (Å²) in [6.07, 6.45) is 4.78. The number of carbonyl (C=O) groups is 1. The number of fused-ring (bicyclic) bond motifs is 1. The summed E-state index contributed by atoms with van der Waals surface area (Å²) < 4.78 is 15.4. The maximum atomic E-state index is 13.7. The van der Waals surface area contributed by atoms with Gasteiger partial charge >= 0.3 is 0 Å². The number of hydrogen-bond donors (Lipinski definition) is 1. The molecule has 7 nitrogen and oxygen atoms in total. The maximum Gasteiger partial charge on any atom is 0.276 e. The quantitative estimate of drug-likeness (QED) is 0.569. The number of aromatic amines is 1. The second-order valence-corrected chi connectivity index (χ2v) is 7.74. The molecule has 30 heavy (non-hydrogen) atoms. The molecule has 0 saturated carbocycles. The van der Waals surface area contributed by atoms with E-state index < -0.39 is 0 Å². The fourth-order valence-corrected chi connectivity index (χ4v) is 4.37. The highest BCUT2D eigenvalue weighted by Gasteiger charge is 2.41. The molecule has 0 aliphatic carbocycles. The lowest BCUT2D eigenvalue weighted by molar-refractivity contribution is 0.0677. The van der Waals surface area contributed by atoms with Crippen molar-refractivity contribution in [3.8, 4) is 0 Å². The summed E-state index contributed by atoms with van der Waals surface area (Å²) in [4.78, 5) is 19.5. The number of nitrogens with zero attached hydrogens (tertiary/aromatic N) is 5. The zero-order chi connectivity index (χ0) is 20.7. The Morgan fingerprint density at radius 2 is 1.83 bits per heavy atom. The molecule has 0 spiro atoms. The first-order valence-corrected chi connectivity index (χ1v) is 9.94. The van der Waals surface area contributed by atoms with Crippen molar-refractivity contribution in [1.29, 1.82) is 0 Å². The minimum Gasteiger partial charge on any atom is -0.337 e. The van der Waals surface area contributed by atoms with Crippen molar-refractivity contribution in [3.63, 3.8) is 0 Å². The molecule has 0 unspecified atom stereocenters. The monoisotopic (exact) mass is 404 g/mol. The molecule has 4 heterocycles. The van der Waals surface area contributed by atoms with Gasteiger partial charge < -0.3 is 9.30 Å². The lowest BCUT2D eigenvalue weighted by Gasteiger charge is -2.41. The van der Waals surface area contributed by atoms with Crippen LogP contribution in [0.4, 0.5) is 4.39 Å². The van der Waals surface area contributed by atoms with Gasteiger partial charge in [-0.15, -0.1) is 0 Å². The first-order valence-electron chi connectivity index (χ1n) is 9.94. The highest BCUT2D eigenvalue weighted by Crippen LogP contribution is 2.41. The number of amides is 1. The molecule has 1 aliphatic heterocycles. The zero-order valence-electron chi connectivity index (χ0n) is 16.5. The average Bonchev–Trinajstić information content (AvgIpc) is 3.40. The van der Waals surface area contributed by atoms with Crippen molar-refractivity contribution >= 4 is 11.6 Å². The second-order valence-electron chi connectivity index (χ2n) is 7.74. The van der Waals surface area contributed by atoms with Crippen LogP contribution in [0.1, 0.15) is 40.3 Å². The van der Waals surface area contributed by atoms with Crippen molar-refractivity contribution in [2.75, 3.05) is 13.1 Å². The summed E-state index contributed by atoms with van der Waals surface area (Å²) in [6, 6.07) is 13.3. The van der Waals surface area contributed by atoms with Crippen LogP contribution in [0.3, 0.4) is 0 Å².